The minimum atomic E-state index is -0.548. The van der Waals surface area contributed by atoms with E-state index in [1.54, 1.807) is 32.2 Å². The molecule has 8 heteroatoms. The van der Waals surface area contributed by atoms with Gasteiger partial charge in [0.2, 0.25) is 0 Å². The zero-order chi connectivity index (χ0) is 21.7. The number of anilines is 1. The van der Waals surface area contributed by atoms with Crippen LogP contribution in [0.25, 0.3) is 0 Å². The maximum absolute atomic E-state index is 13.7. The summed E-state index contributed by atoms with van der Waals surface area (Å²) in [6.45, 7) is 1.62. The van der Waals surface area contributed by atoms with Crippen LogP contribution in [0.3, 0.4) is 0 Å². The van der Waals surface area contributed by atoms with Crippen LogP contribution in [0.2, 0.25) is 0 Å². The number of hydrogen-bond acceptors (Lipinski definition) is 5. The van der Waals surface area contributed by atoms with Crippen molar-refractivity contribution in [3.63, 3.8) is 0 Å². The zero-order valence-electron chi connectivity index (χ0n) is 16.3. The Bertz CT molecular complexity index is 1090. The lowest BCUT2D eigenvalue weighted by molar-refractivity contribution is -0.387. The number of hydrogen-bond donors (Lipinski definition) is 1. The minimum absolute atomic E-state index is 0.122. The summed E-state index contributed by atoms with van der Waals surface area (Å²) >= 11 is 1.31. The molecule has 0 spiro atoms. The van der Waals surface area contributed by atoms with Gasteiger partial charge in [-0.05, 0) is 54.4 Å². The van der Waals surface area contributed by atoms with Crippen molar-refractivity contribution in [2.45, 2.75) is 17.6 Å². The Hall–Kier alpha value is -3.39. The first-order valence-corrected chi connectivity index (χ1v) is 9.97. The molecule has 6 nitrogen and oxygen atoms in total. The number of nitrogens with zero attached hydrogens (tertiary/aromatic N) is 1. The average Bonchev–Trinajstić information content (AvgIpc) is 2.75. The number of nitrogens with one attached hydrogen (secondary N) is 1. The average molecular weight is 426 g/mol. The van der Waals surface area contributed by atoms with Gasteiger partial charge >= 0.3 is 0 Å². The Morgan fingerprint density at radius 2 is 1.87 bits per heavy atom. The van der Waals surface area contributed by atoms with Crippen LogP contribution in [-0.4, -0.2) is 17.9 Å². The van der Waals surface area contributed by atoms with E-state index in [2.05, 4.69) is 5.32 Å². The number of halogens is 1. The number of rotatable bonds is 7. The Labute approximate surface area is 177 Å². The van der Waals surface area contributed by atoms with Crippen molar-refractivity contribution in [3.8, 4) is 5.75 Å². The summed E-state index contributed by atoms with van der Waals surface area (Å²) in [7, 11) is 1.58. The van der Waals surface area contributed by atoms with Crippen LogP contribution in [0, 0.1) is 22.9 Å². The number of methoxy groups -OCH3 is 1. The van der Waals surface area contributed by atoms with Crippen molar-refractivity contribution in [3.05, 3.63) is 93.3 Å². The number of thioether (sulfide) groups is 1. The van der Waals surface area contributed by atoms with Crippen molar-refractivity contribution >= 4 is 29.0 Å². The highest BCUT2D eigenvalue weighted by atomic mass is 32.2. The molecule has 0 aliphatic carbocycles. The molecule has 0 atom stereocenters. The van der Waals surface area contributed by atoms with Gasteiger partial charge in [0.15, 0.2) is 0 Å². The number of nitro benzene ring substituents is 1. The quantitative estimate of drug-likeness (QED) is 0.302. The van der Waals surface area contributed by atoms with E-state index in [4.69, 9.17) is 4.74 Å². The van der Waals surface area contributed by atoms with Gasteiger partial charge in [-0.2, -0.15) is 0 Å². The van der Waals surface area contributed by atoms with E-state index in [0.29, 0.717) is 16.2 Å². The molecule has 0 aromatic heterocycles. The monoisotopic (exact) mass is 426 g/mol. The van der Waals surface area contributed by atoms with Gasteiger partial charge in [0, 0.05) is 23.1 Å². The molecule has 3 aromatic rings. The van der Waals surface area contributed by atoms with Crippen molar-refractivity contribution < 1.29 is 18.8 Å². The lowest BCUT2D eigenvalue weighted by Crippen LogP contribution is -2.12. The highest BCUT2D eigenvalue weighted by molar-refractivity contribution is 7.98. The Morgan fingerprint density at radius 3 is 2.50 bits per heavy atom. The van der Waals surface area contributed by atoms with Crippen LogP contribution < -0.4 is 10.1 Å². The van der Waals surface area contributed by atoms with Crippen LogP contribution in [0.4, 0.5) is 15.8 Å². The molecule has 1 N–H and O–H groups in total. The van der Waals surface area contributed by atoms with Crippen molar-refractivity contribution in [1.29, 1.82) is 0 Å². The van der Waals surface area contributed by atoms with Gasteiger partial charge in [0.25, 0.3) is 11.6 Å². The normalized spacial score (nSPS) is 10.5. The van der Waals surface area contributed by atoms with E-state index < -0.39 is 16.6 Å². The summed E-state index contributed by atoms with van der Waals surface area (Å²) in [6, 6.07) is 16.1. The van der Waals surface area contributed by atoms with E-state index in [-0.39, 0.29) is 16.9 Å². The summed E-state index contributed by atoms with van der Waals surface area (Å²) in [4.78, 5) is 23.9. The first kappa shape index (κ1) is 21.3. The van der Waals surface area contributed by atoms with E-state index in [1.165, 1.54) is 30.0 Å². The number of benzene rings is 3. The molecule has 1 amide bonds. The maximum atomic E-state index is 13.7. The third kappa shape index (κ3) is 5.15. The second-order valence-electron chi connectivity index (χ2n) is 6.49. The topological polar surface area (TPSA) is 81.5 Å². The molecule has 0 aliphatic heterocycles. The fraction of sp³-hybridized carbons (Fsp3) is 0.136. The smallest absolute Gasteiger partial charge is 0.283 e. The molecule has 0 unspecified atom stereocenters. The third-order valence-electron chi connectivity index (χ3n) is 4.40. The SMILES string of the molecule is COc1ccc(CSc2ccc(C(=O)Nc3ccc(C)c(F)c3)cc2[N+](=O)[O-])cc1. The summed E-state index contributed by atoms with van der Waals surface area (Å²) in [5.41, 5.74) is 1.69. The highest BCUT2D eigenvalue weighted by Crippen LogP contribution is 2.33. The molecule has 30 heavy (non-hydrogen) atoms. The van der Waals surface area contributed by atoms with Crippen LogP contribution >= 0.6 is 11.8 Å². The predicted molar refractivity (Wildman–Crippen MR) is 115 cm³/mol. The van der Waals surface area contributed by atoms with Crippen LogP contribution in [0.15, 0.2) is 65.6 Å². The van der Waals surface area contributed by atoms with Crippen LogP contribution in [-0.2, 0) is 5.75 Å². The fourth-order valence-corrected chi connectivity index (χ4v) is 3.64. The molecule has 0 aliphatic rings. The molecule has 0 bridgehead atoms. The summed E-state index contributed by atoms with van der Waals surface area (Å²) in [6.07, 6.45) is 0. The molecule has 0 saturated heterocycles. The Balaban J connectivity index is 1.75. The first-order valence-electron chi connectivity index (χ1n) is 8.99. The molecule has 0 heterocycles. The molecular formula is C22H19FN2O4S. The van der Waals surface area contributed by atoms with Gasteiger partial charge in [-0.15, -0.1) is 11.8 Å². The molecule has 0 saturated carbocycles. The van der Waals surface area contributed by atoms with E-state index >= 15 is 0 Å². The van der Waals surface area contributed by atoms with E-state index in [0.717, 1.165) is 11.3 Å². The Morgan fingerprint density at radius 1 is 1.13 bits per heavy atom. The largest absolute Gasteiger partial charge is 0.497 e. The lowest BCUT2D eigenvalue weighted by atomic mass is 10.1. The van der Waals surface area contributed by atoms with Gasteiger partial charge in [-0.25, -0.2) is 4.39 Å². The third-order valence-corrected chi connectivity index (χ3v) is 5.53. The summed E-state index contributed by atoms with van der Waals surface area (Å²) in [5.74, 6) is 0.273. The molecule has 3 rings (SSSR count). The molecule has 154 valence electrons. The molecular weight excluding hydrogens is 407 g/mol. The maximum Gasteiger partial charge on any atom is 0.283 e. The number of nitro groups is 1. The number of ether oxygens (including phenoxy) is 1. The second kappa shape index (κ2) is 9.41. The van der Waals surface area contributed by atoms with Gasteiger partial charge in [-0.3, -0.25) is 14.9 Å². The van der Waals surface area contributed by atoms with Crippen molar-refractivity contribution in [1.82, 2.24) is 0 Å². The predicted octanol–water partition coefficient (Wildman–Crippen LogP) is 5.60. The van der Waals surface area contributed by atoms with Crippen molar-refractivity contribution in [2.75, 3.05) is 12.4 Å². The van der Waals surface area contributed by atoms with Gasteiger partial charge in [-0.1, -0.05) is 18.2 Å². The molecule has 0 radical (unpaired) electrons. The second-order valence-corrected chi connectivity index (χ2v) is 7.51. The number of carbonyl (C=O) groups is 1. The molecule has 3 aromatic carbocycles. The Kier molecular flexibility index (Phi) is 6.68. The summed E-state index contributed by atoms with van der Waals surface area (Å²) in [5, 5.41) is 14.1. The standard InChI is InChI=1S/C22H19FN2O4S/c1-14-3-7-17(12-19(14)23)24-22(26)16-6-10-21(20(11-16)25(27)28)30-13-15-4-8-18(29-2)9-5-15/h3-12H,13H2,1-2H3,(H,24,26). The number of carbonyl (C=O) groups excluding carboxylic acids is 1. The highest BCUT2D eigenvalue weighted by Gasteiger charge is 2.18. The van der Waals surface area contributed by atoms with E-state index in [1.807, 2.05) is 24.3 Å². The zero-order valence-corrected chi connectivity index (χ0v) is 17.2. The van der Waals surface area contributed by atoms with E-state index in [9.17, 15) is 19.3 Å². The first-order chi connectivity index (χ1) is 14.4. The molecule has 0 fully saturated rings. The minimum Gasteiger partial charge on any atom is -0.497 e. The van der Waals surface area contributed by atoms with Gasteiger partial charge < -0.3 is 10.1 Å². The van der Waals surface area contributed by atoms with Crippen molar-refractivity contribution in [2.24, 2.45) is 0 Å². The summed E-state index contributed by atoms with van der Waals surface area (Å²) < 4.78 is 18.8. The lowest BCUT2D eigenvalue weighted by Gasteiger charge is -2.08. The van der Waals surface area contributed by atoms with Gasteiger partial charge in [0.1, 0.15) is 11.6 Å². The number of amides is 1. The van der Waals surface area contributed by atoms with Gasteiger partial charge in [0.05, 0.1) is 16.9 Å². The van der Waals surface area contributed by atoms with Crippen LogP contribution in [0.5, 0.6) is 5.75 Å². The fourth-order valence-electron chi connectivity index (χ4n) is 2.68. The van der Waals surface area contributed by atoms with Crippen LogP contribution in [0.1, 0.15) is 21.5 Å². The number of aryl methyl sites for hydroxylation is 1.